The van der Waals surface area contributed by atoms with Gasteiger partial charge in [0.15, 0.2) is 0 Å². The minimum atomic E-state index is -0.217. The molecule has 1 fully saturated rings. The summed E-state index contributed by atoms with van der Waals surface area (Å²) in [5, 5.41) is 3.27. The number of morpholine rings is 1. The van der Waals surface area contributed by atoms with E-state index in [-0.39, 0.29) is 18.1 Å². The molecule has 0 aromatic carbocycles. The summed E-state index contributed by atoms with van der Waals surface area (Å²) in [6.45, 7) is 7.35. The van der Waals surface area contributed by atoms with Crippen LogP contribution in [0.2, 0.25) is 0 Å². The van der Waals surface area contributed by atoms with Crippen LogP contribution in [0, 0.1) is 0 Å². The summed E-state index contributed by atoms with van der Waals surface area (Å²) in [6.07, 6.45) is 0.163. The third-order valence-corrected chi connectivity index (χ3v) is 2.78. The maximum Gasteiger partial charge on any atom is 0.323 e. The van der Waals surface area contributed by atoms with Gasteiger partial charge in [-0.2, -0.15) is 0 Å². The Morgan fingerprint density at radius 3 is 3.00 bits per heavy atom. The number of carbonyl (C=O) groups is 1. The van der Waals surface area contributed by atoms with Crippen LogP contribution in [0.15, 0.2) is 0 Å². The molecule has 2 atom stereocenters. The van der Waals surface area contributed by atoms with Crippen molar-refractivity contribution in [2.45, 2.75) is 26.0 Å². The smallest absolute Gasteiger partial charge is 0.323 e. The molecule has 5 heteroatoms. The fourth-order valence-electron chi connectivity index (χ4n) is 1.66. The van der Waals surface area contributed by atoms with Crippen LogP contribution in [0.5, 0.6) is 0 Å². The quantitative estimate of drug-likeness (QED) is 0.666. The van der Waals surface area contributed by atoms with Gasteiger partial charge in [0, 0.05) is 19.6 Å². The molecule has 0 amide bonds. The fraction of sp³-hybridized carbons (Fsp3) is 0.909. The van der Waals surface area contributed by atoms with E-state index < -0.39 is 0 Å². The van der Waals surface area contributed by atoms with Crippen molar-refractivity contribution in [2.24, 2.45) is 0 Å². The second kappa shape index (κ2) is 6.83. The Morgan fingerprint density at radius 2 is 2.44 bits per heavy atom. The SMILES string of the molecule is CCOC(=O)C(C)N(C)CC1CNCCO1. The first-order valence-electron chi connectivity index (χ1n) is 5.84. The largest absolute Gasteiger partial charge is 0.465 e. The van der Waals surface area contributed by atoms with Crippen LogP contribution < -0.4 is 5.32 Å². The predicted molar refractivity (Wildman–Crippen MR) is 61.3 cm³/mol. The fourth-order valence-corrected chi connectivity index (χ4v) is 1.66. The topological polar surface area (TPSA) is 50.8 Å². The zero-order chi connectivity index (χ0) is 12.0. The van der Waals surface area contributed by atoms with Crippen molar-refractivity contribution < 1.29 is 14.3 Å². The molecule has 5 nitrogen and oxygen atoms in total. The van der Waals surface area contributed by atoms with Gasteiger partial charge < -0.3 is 14.8 Å². The molecule has 94 valence electrons. The molecule has 0 aromatic rings. The minimum absolute atomic E-state index is 0.163. The van der Waals surface area contributed by atoms with Crippen LogP contribution in [0.3, 0.4) is 0 Å². The molecule has 1 heterocycles. The van der Waals surface area contributed by atoms with Crippen LogP contribution in [-0.4, -0.2) is 62.9 Å². The number of ether oxygens (including phenoxy) is 2. The van der Waals surface area contributed by atoms with Gasteiger partial charge in [0.2, 0.25) is 0 Å². The Balaban J connectivity index is 2.32. The van der Waals surface area contributed by atoms with E-state index in [9.17, 15) is 4.79 Å². The van der Waals surface area contributed by atoms with E-state index in [4.69, 9.17) is 9.47 Å². The molecule has 1 N–H and O–H groups in total. The lowest BCUT2D eigenvalue weighted by Crippen LogP contribution is -2.48. The van der Waals surface area contributed by atoms with Gasteiger partial charge in [-0.25, -0.2) is 0 Å². The van der Waals surface area contributed by atoms with Crippen molar-refractivity contribution in [2.75, 3.05) is 39.9 Å². The lowest BCUT2D eigenvalue weighted by atomic mass is 10.2. The highest BCUT2D eigenvalue weighted by atomic mass is 16.5. The molecule has 0 spiro atoms. The van der Waals surface area contributed by atoms with E-state index in [1.807, 2.05) is 25.8 Å². The molecule has 1 saturated heterocycles. The third kappa shape index (κ3) is 4.08. The molecule has 1 aliphatic rings. The standard InChI is InChI=1S/C11H22N2O3/c1-4-15-11(14)9(2)13(3)8-10-7-12-5-6-16-10/h9-10,12H,4-8H2,1-3H3. The molecular formula is C11H22N2O3. The summed E-state index contributed by atoms with van der Waals surface area (Å²) in [5.41, 5.74) is 0. The Kier molecular flexibility index (Phi) is 5.73. The molecule has 0 aliphatic carbocycles. The summed E-state index contributed by atoms with van der Waals surface area (Å²) in [7, 11) is 1.92. The van der Waals surface area contributed by atoms with E-state index in [0.717, 1.165) is 26.2 Å². The van der Waals surface area contributed by atoms with Gasteiger partial charge in [-0.1, -0.05) is 0 Å². The number of carbonyl (C=O) groups excluding carboxylic acids is 1. The van der Waals surface area contributed by atoms with Gasteiger partial charge in [0.1, 0.15) is 6.04 Å². The average Bonchev–Trinajstić information content (AvgIpc) is 2.29. The first-order valence-corrected chi connectivity index (χ1v) is 5.84. The molecule has 0 radical (unpaired) electrons. The Morgan fingerprint density at radius 1 is 1.69 bits per heavy atom. The second-order valence-corrected chi connectivity index (χ2v) is 4.06. The molecule has 16 heavy (non-hydrogen) atoms. The number of hydrogen-bond donors (Lipinski definition) is 1. The Labute approximate surface area is 97.1 Å². The van der Waals surface area contributed by atoms with Crippen LogP contribution in [-0.2, 0) is 14.3 Å². The van der Waals surface area contributed by atoms with Crippen LogP contribution in [0.1, 0.15) is 13.8 Å². The molecule has 0 saturated carbocycles. The maximum atomic E-state index is 11.5. The number of esters is 1. The Bertz CT molecular complexity index is 217. The average molecular weight is 230 g/mol. The van der Waals surface area contributed by atoms with Gasteiger partial charge in [-0.15, -0.1) is 0 Å². The van der Waals surface area contributed by atoms with Crippen molar-refractivity contribution >= 4 is 5.97 Å². The van der Waals surface area contributed by atoms with Crippen LogP contribution in [0.4, 0.5) is 0 Å². The Hall–Kier alpha value is -0.650. The zero-order valence-corrected chi connectivity index (χ0v) is 10.4. The van der Waals surface area contributed by atoms with Crippen molar-refractivity contribution in [1.82, 2.24) is 10.2 Å². The van der Waals surface area contributed by atoms with Gasteiger partial charge in [-0.3, -0.25) is 9.69 Å². The maximum absolute atomic E-state index is 11.5. The summed E-state index contributed by atoms with van der Waals surface area (Å²) in [5.74, 6) is -0.172. The molecule has 1 rings (SSSR count). The second-order valence-electron chi connectivity index (χ2n) is 4.06. The lowest BCUT2D eigenvalue weighted by Gasteiger charge is -2.30. The molecule has 1 aliphatic heterocycles. The normalized spacial score (nSPS) is 23.1. The van der Waals surface area contributed by atoms with E-state index in [1.54, 1.807) is 0 Å². The predicted octanol–water partition coefficient (Wildman–Crippen LogP) is -0.142. The van der Waals surface area contributed by atoms with E-state index in [0.29, 0.717) is 6.61 Å². The first-order chi connectivity index (χ1) is 7.65. The van der Waals surface area contributed by atoms with E-state index in [1.165, 1.54) is 0 Å². The molecular weight excluding hydrogens is 208 g/mol. The van der Waals surface area contributed by atoms with Gasteiger partial charge in [0.25, 0.3) is 0 Å². The monoisotopic (exact) mass is 230 g/mol. The molecule has 0 bridgehead atoms. The summed E-state index contributed by atoms with van der Waals surface area (Å²) in [4.78, 5) is 13.5. The number of nitrogens with zero attached hydrogens (tertiary/aromatic N) is 1. The number of nitrogens with one attached hydrogen (secondary N) is 1. The number of hydrogen-bond acceptors (Lipinski definition) is 5. The number of likely N-dealkylation sites (N-methyl/N-ethyl adjacent to an activating group) is 1. The summed E-state index contributed by atoms with van der Waals surface area (Å²) < 4.78 is 10.6. The van der Waals surface area contributed by atoms with Gasteiger partial charge in [-0.05, 0) is 20.9 Å². The summed E-state index contributed by atoms with van der Waals surface area (Å²) in [6, 6.07) is -0.217. The number of rotatable bonds is 5. The first kappa shape index (κ1) is 13.4. The van der Waals surface area contributed by atoms with Gasteiger partial charge in [0.05, 0.1) is 19.3 Å². The minimum Gasteiger partial charge on any atom is -0.465 e. The van der Waals surface area contributed by atoms with Crippen molar-refractivity contribution in [1.29, 1.82) is 0 Å². The highest BCUT2D eigenvalue weighted by Gasteiger charge is 2.23. The molecule has 2 unspecified atom stereocenters. The lowest BCUT2D eigenvalue weighted by molar-refractivity contribution is -0.149. The van der Waals surface area contributed by atoms with Crippen LogP contribution in [0.25, 0.3) is 0 Å². The highest BCUT2D eigenvalue weighted by molar-refractivity contribution is 5.75. The third-order valence-electron chi connectivity index (χ3n) is 2.78. The van der Waals surface area contributed by atoms with Crippen molar-refractivity contribution in [3.05, 3.63) is 0 Å². The van der Waals surface area contributed by atoms with Crippen molar-refractivity contribution in [3.8, 4) is 0 Å². The van der Waals surface area contributed by atoms with Gasteiger partial charge >= 0.3 is 5.97 Å². The molecule has 0 aromatic heterocycles. The van der Waals surface area contributed by atoms with Crippen LogP contribution >= 0.6 is 0 Å². The highest BCUT2D eigenvalue weighted by Crippen LogP contribution is 2.04. The van der Waals surface area contributed by atoms with Crippen molar-refractivity contribution in [3.63, 3.8) is 0 Å². The summed E-state index contributed by atoms with van der Waals surface area (Å²) >= 11 is 0. The van der Waals surface area contributed by atoms with E-state index >= 15 is 0 Å². The zero-order valence-electron chi connectivity index (χ0n) is 10.4. The van der Waals surface area contributed by atoms with E-state index in [2.05, 4.69) is 5.32 Å².